The van der Waals surface area contributed by atoms with Crippen molar-refractivity contribution in [2.75, 3.05) is 11.9 Å². The predicted molar refractivity (Wildman–Crippen MR) is 84.8 cm³/mol. The Balaban J connectivity index is 1.97. The van der Waals surface area contributed by atoms with Crippen molar-refractivity contribution in [3.05, 3.63) is 53.8 Å². The van der Waals surface area contributed by atoms with E-state index in [2.05, 4.69) is 34.9 Å². The SMILES string of the molecule is CN(Cc1ccccc1)c1ccc(/C=N/NC(N)=S)o1. The van der Waals surface area contributed by atoms with E-state index in [1.54, 1.807) is 0 Å². The van der Waals surface area contributed by atoms with Gasteiger partial charge in [-0.3, -0.25) is 5.43 Å². The molecule has 0 aliphatic carbocycles. The maximum Gasteiger partial charge on any atom is 0.196 e. The highest BCUT2D eigenvalue weighted by atomic mass is 32.1. The van der Waals surface area contributed by atoms with Crippen LogP contribution in [-0.4, -0.2) is 18.4 Å². The van der Waals surface area contributed by atoms with Gasteiger partial charge in [-0.2, -0.15) is 5.10 Å². The largest absolute Gasteiger partial charge is 0.440 e. The number of rotatable bonds is 5. The van der Waals surface area contributed by atoms with Gasteiger partial charge in [0, 0.05) is 19.7 Å². The zero-order valence-corrected chi connectivity index (χ0v) is 11.9. The fraction of sp³-hybridized carbons (Fsp3) is 0.143. The van der Waals surface area contributed by atoms with Gasteiger partial charge in [-0.05, 0) is 23.8 Å². The molecular formula is C14H16N4OS. The van der Waals surface area contributed by atoms with E-state index in [4.69, 9.17) is 10.2 Å². The van der Waals surface area contributed by atoms with Gasteiger partial charge in [0.15, 0.2) is 11.0 Å². The lowest BCUT2D eigenvalue weighted by Crippen LogP contribution is -2.23. The van der Waals surface area contributed by atoms with Gasteiger partial charge in [0.1, 0.15) is 5.76 Å². The van der Waals surface area contributed by atoms with Crippen molar-refractivity contribution in [3.8, 4) is 0 Å². The van der Waals surface area contributed by atoms with Crippen LogP contribution in [0.15, 0.2) is 52.0 Å². The molecule has 2 aromatic rings. The molecule has 0 aliphatic heterocycles. The molecule has 0 bridgehead atoms. The number of hydrazone groups is 1. The van der Waals surface area contributed by atoms with Crippen LogP contribution in [0.5, 0.6) is 0 Å². The molecular weight excluding hydrogens is 272 g/mol. The monoisotopic (exact) mass is 288 g/mol. The van der Waals surface area contributed by atoms with Crippen LogP contribution in [0, 0.1) is 0 Å². The Labute approximate surface area is 123 Å². The highest BCUT2D eigenvalue weighted by molar-refractivity contribution is 7.80. The Hall–Kier alpha value is -2.34. The van der Waals surface area contributed by atoms with Crippen LogP contribution < -0.4 is 16.1 Å². The van der Waals surface area contributed by atoms with Crippen molar-refractivity contribution in [3.63, 3.8) is 0 Å². The molecule has 0 amide bonds. The maximum absolute atomic E-state index is 5.65. The predicted octanol–water partition coefficient (Wildman–Crippen LogP) is 2.08. The molecule has 0 saturated carbocycles. The molecule has 0 radical (unpaired) electrons. The highest BCUT2D eigenvalue weighted by Crippen LogP contribution is 2.18. The van der Waals surface area contributed by atoms with Crippen molar-refractivity contribution in [2.45, 2.75) is 6.54 Å². The third kappa shape index (κ3) is 4.10. The number of nitrogens with zero attached hydrogens (tertiary/aromatic N) is 2. The van der Waals surface area contributed by atoms with Crippen LogP contribution in [0.3, 0.4) is 0 Å². The lowest BCUT2D eigenvalue weighted by molar-refractivity contribution is 0.548. The molecule has 3 N–H and O–H groups in total. The van der Waals surface area contributed by atoms with Crippen LogP contribution >= 0.6 is 12.2 Å². The fourth-order valence-corrected chi connectivity index (χ4v) is 1.76. The zero-order valence-electron chi connectivity index (χ0n) is 11.1. The summed E-state index contributed by atoms with van der Waals surface area (Å²) in [6.45, 7) is 0.774. The standard InChI is InChI=1S/C14H16N4OS/c1-18(10-11-5-3-2-4-6-11)13-8-7-12(19-13)9-16-17-14(15)20/h2-9H,10H2,1H3,(H3,15,17,20)/b16-9+. The average molecular weight is 288 g/mol. The number of hydrogen-bond donors (Lipinski definition) is 2. The van der Waals surface area contributed by atoms with Gasteiger partial charge in [0.2, 0.25) is 0 Å². The van der Waals surface area contributed by atoms with E-state index in [1.807, 2.05) is 42.3 Å². The molecule has 2 rings (SSSR count). The van der Waals surface area contributed by atoms with E-state index >= 15 is 0 Å². The fourth-order valence-electron chi connectivity index (χ4n) is 1.71. The number of furan rings is 1. The summed E-state index contributed by atoms with van der Waals surface area (Å²) in [5.41, 5.74) is 8.96. The number of thiocarbonyl (C=S) groups is 1. The van der Waals surface area contributed by atoms with Crippen LogP contribution in [0.1, 0.15) is 11.3 Å². The topological polar surface area (TPSA) is 66.8 Å². The van der Waals surface area contributed by atoms with E-state index in [0.29, 0.717) is 5.76 Å². The average Bonchev–Trinajstić information content (AvgIpc) is 2.88. The molecule has 0 atom stereocenters. The van der Waals surface area contributed by atoms with Gasteiger partial charge in [-0.1, -0.05) is 30.3 Å². The normalized spacial score (nSPS) is 10.7. The van der Waals surface area contributed by atoms with E-state index in [-0.39, 0.29) is 5.11 Å². The Kier molecular flexibility index (Phi) is 4.73. The van der Waals surface area contributed by atoms with Crippen molar-refractivity contribution < 1.29 is 4.42 Å². The molecule has 0 saturated heterocycles. The minimum absolute atomic E-state index is 0.120. The van der Waals surface area contributed by atoms with Gasteiger partial charge >= 0.3 is 0 Å². The lowest BCUT2D eigenvalue weighted by Gasteiger charge is -2.15. The number of nitrogens with two attached hydrogens (primary N) is 1. The van der Waals surface area contributed by atoms with E-state index in [1.165, 1.54) is 11.8 Å². The van der Waals surface area contributed by atoms with Crippen molar-refractivity contribution >= 4 is 29.4 Å². The first-order valence-corrected chi connectivity index (χ1v) is 6.49. The van der Waals surface area contributed by atoms with Crippen LogP contribution in [0.25, 0.3) is 0 Å². The first-order valence-electron chi connectivity index (χ1n) is 6.08. The van der Waals surface area contributed by atoms with Crippen LogP contribution in [0.2, 0.25) is 0 Å². The Morgan fingerprint density at radius 2 is 2.10 bits per heavy atom. The van der Waals surface area contributed by atoms with Crippen molar-refractivity contribution in [2.24, 2.45) is 10.8 Å². The van der Waals surface area contributed by atoms with Gasteiger partial charge in [0.05, 0.1) is 6.21 Å². The smallest absolute Gasteiger partial charge is 0.196 e. The summed E-state index contributed by atoms with van der Waals surface area (Å²) in [6.07, 6.45) is 1.53. The summed E-state index contributed by atoms with van der Waals surface area (Å²) < 4.78 is 5.65. The van der Waals surface area contributed by atoms with E-state index in [9.17, 15) is 0 Å². The van der Waals surface area contributed by atoms with Crippen LogP contribution in [-0.2, 0) is 6.54 Å². The minimum Gasteiger partial charge on any atom is -0.440 e. The lowest BCUT2D eigenvalue weighted by atomic mass is 10.2. The second-order valence-corrected chi connectivity index (χ2v) is 4.69. The molecule has 0 fully saturated rings. The van der Waals surface area contributed by atoms with Gasteiger partial charge in [-0.25, -0.2) is 0 Å². The zero-order chi connectivity index (χ0) is 14.4. The number of nitrogens with one attached hydrogen (secondary N) is 1. The minimum atomic E-state index is 0.120. The third-order valence-electron chi connectivity index (χ3n) is 2.62. The molecule has 0 aliphatic rings. The quantitative estimate of drug-likeness (QED) is 0.501. The first kappa shape index (κ1) is 14.1. The second kappa shape index (κ2) is 6.72. The Morgan fingerprint density at radius 3 is 2.80 bits per heavy atom. The summed E-state index contributed by atoms with van der Waals surface area (Å²) in [7, 11) is 1.97. The van der Waals surface area contributed by atoms with Gasteiger partial charge in [0.25, 0.3) is 0 Å². The summed E-state index contributed by atoms with van der Waals surface area (Å²) in [6, 6.07) is 13.9. The molecule has 104 valence electrons. The number of anilines is 1. The first-order chi connectivity index (χ1) is 9.65. The third-order valence-corrected chi connectivity index (χ3v) is 2.71. The molecule has 20 heavy (non-hydrogen) atoms. The Morgan fingerprint density at radius 1 is 1.35 bits per heavy atom. The van der Waals surface area contributed by atoms with Gasteiger partial charge < -0.3 is 15.1 Å². The summed E-state index contributed by atoms with van der Waals surface area (Å²) in [4.78, 5) is 2.02. The summed E-state index contributed by atoms with van der Waals surface area (Å²) in [5.74, 6) is 1.40. The molecule has 0 unspecified atom stereocenters. The number of benzene rings is 1. The second-order valence-electron chi connectivity index (χ2n) is 4.25. The van der Waals surface area contributed by atoms with E-state index in [0.717, 1.165) is 12.4 Å². The number of hydrogen-bond acceptors (Lipinski definition) is 4. The van der Waals surface area contributed by atoms with Crippen LogP contribution in [0.4, 0.5) is 5.88 Å². The molecule has 0 spiro atoms. The molecule has 1 aromatic carbocycles. The molecule has 1 heterocycles. The summed E-state index contributed by atoms with van der Waals surface area (Å²) >= 11 is 4.64. The maximum atomic E-state index is 5.65. The van der Waals surface area contributed by atoms with Gasteiger partial charge in [-0.15, -0.1) is 0 Å². The molecule has 1 aromatic heterocycles. The van der Waals surface area contributed by atoms with Crippen molar-refractivity contribution in [1.82, 2.24) is 5.43 Å². The van der Waals surface area contributed by atoms with E-state index < -0.39 is 0 Å². The van der Waals surface area contributed by atoms with Crippen molar-refractivity contribution in [1.29, 1.82) is 0 Å². The molecule has 5 nitrogen and oxygen atoms in total. The Bertz CT molecular complexity index is 594. The highest BCUT2D eigenvalue weighted by Gasteiger charge is 2.06. The molecule has 6 heteroatoms. The summed E-state index contributed by atoms with van der Waals surface area (Å²) in [5, 5.41) is 3.96.